The van der Waals surface area contributed by atoms with Crippen LogP contribution in [0.1, 0.15) is 39.6 Å². The number of amides is 1. The molecule has 2 heterocycles. The molecule has 0 saturated carbocycles. The monoisotopic (exact) mass is 436 g/mol. The van der Waals surface area contributed by atoms with Crippen LogP contribution in [-0.2, 0) is 10.0 Å². The summed E-state index contributed by atoms with van der Waals surface area (Å²) in [6.07, 6.45) is 2.80. The van der Waals surface area contributed by atoms with Gasteiger partial charge in [0.25, 0.3) is 5.91 Å². The van der Waals surface area contributed by atoms with Crippen molar-refractivity contribution >= 4 is 38.4 Å². The van der Waals surface area contributed by atoms with E-state index in [2.05, 4.69) is 15.3 Å². The zero-order valence-electron chi connectivity index (χ0n) is 16.0. The number of nitrogens with one attached hydrogen (secondary N) is 3. The van der Waals surface area contributed by atoms with Crippen LogP contribution >= 0.6 is 0 Å². The summed E-state index contributed by atoms with van der Waals surface area (Å²) in [5.41, 5.74) is -1.17. The molecule has 0 atom stereocenters. The highest BCUT2D eigenvalue weighted by molar-refractivity contribution is 7.92. The number of nitrogens with zero attached hydrogens (tertiary/aromatic N) is 1. The van der Waals surface area contributed by atoms with Crippen LogP contribution in [0.15, 0.2) is 30.6 Å². The van der Waals surface area contributed by atoms with Crippen molar-refractivity contribution in [3.8, 4) is 0 Å². The first kappa shape index (κ1) is 21.4. The molecule has 3 rings (SSSR count). The Bertz CT molecular complexity index is 1250. The van der Waals surface area contributed by atoms with Crippen LogP contribution in [0, 0.1) is 11.6 Å². The minimum absolute atomic E-state index is 0.116. The van der Waals surface area contributed by atoms with Crippen molar-refractivity contribution in [1.29, 1.82) is 0 Å². The number of halogens is 2. The van der Waals surface area contributed by atoms with Gasteiger partial charge < -0.3 is 10.3 Å². The second-order valence-electron chi connectivity index (χ2n) is 6.44. The van der Waals surface area contributed by atoms with Gasteiger partial charge in [0.1, 0.15) is 11.5 Å². The first-order valence-corrected chi connectivity index (χ1v) is 10.6. The van der Waals surface area contributed by atoms with E-state index in [1.807, 2.05) is 4.72 Å². The lowest BCUT2D eigenvalue weighted by Crippen LogP contribution is -2.19. The fraction of sp³-hybridized carbons (Fsp3) is 0.211. The van der Waals surface area contributed by atoms with Gasteiger partial charge in [-0.1, -0.05) is 6.92 Å². The number of carbonyl (C=O) groups excluding carboxylic acids is 2. The normalized spacial score (nSPS) is 11.5. The molecule has 8 nitrogen and oxygen atoms in total. The summed E-state index contributed by atoms with van der Waals surface area (Å²) < 4.78 is 55.2. The van der Waals surface area contributed by atoms with E-state index >= 15 is 0 Å². The number of aromatic amines is 1. The Hall–Kier alpha value is -3.34. The van der Waals surface area contributed by atoms with Crippen molar-refractivity contribution in [2.24, 2.45) is 0 Å². The van der Waals surface area contributed by atoms with Crippen LogP contribution in [0.2, 0.25) is 0 Å². The molecule has 3 N–H and O–H groups in total. The summed E-state index contributed by atoms with van der Waals surface area (Å²) in [6.45, 7) is 1.63. The van der Waals surface area contributed by atoms with E-state index in [0.717, 1.165) is 12.1 Å². The van der Waals surface area contributed by atoms with Gasteiger partial charge in [0, 0.05) is 30.4 Å². The van der Waals surface area contributed by atoms with Gasteiger partial charge in [-0.25, -0.2) is 22.2 Å². The van der Waals surface area contributed by atoms with Gasteiger partial charge >= 0.3 is 0 Å². The summed E-state index contributed by atoms with van der Waals surface area (Å²) >= 11 is 0. The number of hydrogen-bond donors (Lipinski definition) is 3. The Labute approximate surface area is 170 Å². The number of benzene rings is 1. The Morgan fingerprint density at radius 2 is 1.97 bits per heavy atom. The number of sulfonamides is 1. The maximum atomic E-state index is 14.9. The molecule has 3 aromatic rings. The molecule has 0 aliphatic rings. The van der Waals surface area contributed by atoms with Crippen molar-refractivity contribution in [1.82, 2.24) is 15.3 Å². The summed E-state index contributed by atoms with van der Waals surface area (Å²) in [5, 5.41) is 2.61. The zero-order chi connectivity index (χ0) is 22.1. The number of anilines is 1. The number of pyridine rings is 1. The second-order valence-corrected chi connectivity index (χ2v) is 8.28. The van der Waals surface area contributed by atoms with Crippen molar-refractivity contribution in [2.75, 3.05) is 17.5 Å². The SMILES string of the molecule is CCCS(=O)(=O)Nc1ccc(F)c(C(=O)c2c[nH]c3ncc(C(=O)NC)cc23)c1F. The fourth-order valence-electron chi connectivity index (χ4n) is 2.92. The van der Waals surface area contributed by atoms with E-state index in [1.54, 1.807) is 6.92 Å². The van der Waals surface area contributed by atoms with Crippen LogP contribution in [0.3, 0.4) is 0 Å². The van der Waals surface area contributed by atoms with Crippen molar-refractivity contribution in [2.45, 2.75) is 13.3 Å². The van der Waals surface area contributed by atoms with Crippen LogP contribution in [0.25, 0.3) is 11.0 Å². The molecule has 0 saturated heterocycles. The van der Waals surface area contributed by atoms with Gasteiger partial charge in [-0.3, -0.25) is 14.3 Å². The number of H-pyrrole nitrogens is 1. The molecule has 158 valence electrons. The first-order chi connectivity index (χ1) is 14.2. The molecular weight excluding hydrogens is 418 g/mol. The first-order valence-electron chi connectivity index (χ1n) is 8.91. The van der Waals surface area contributed by atoms with E-state index in [-0.39, 0.29) is 27.9 Å². The molecule has 2 aromatic heterocycles. The Kier molecular flexibility index (Phi) is 5.83. The largest absolute Gasteiger partial charge is 0.355 e. The quantitative estimate of drug-likeness (QED) is 0.492. The molecule has 0 bridgehead atoms. The van der Waals surface area contributed by atoms with Gasteiger partial charge in [0.05, 0.1) is 22.6 Å². The number of fused-ring (bicyclic) bond motifs is 1. The summed E-state index contributed by atoms with van der Waals surface area (Å²) in [4.78, 5) is 31.5. The van der Waals surface area contributed by atoms with Crippen LogP contribution in [0.4, 0.5) is 14.5 Å². The fourth-order valence-corrected chi connectivity index (χ4v) is 4.05. The molecule has 1 amide bonds. The molecule has 1 aromatic carbocycles. The topological polar surface area (TPSA) is 121 Å². The minimum atomic E-state index is -3.85. The molecule has 0 spiro atoms. The maximum Gasteiger partial charge on any atom is 0.252 e. The standard InChI is InChI=1S/C19H18F2N4O4S/c1-3-6-30(28,29)25-14-5-4-13(20)15(16(14)21)17(26)12-9-24-18-11(12)7-10(8-23-18)19(27)22-2/h4-5,7-9,25H,3,6H2,1-2H3,(H,22,27)(H,23,24). The number of aromatic nitrogens is 2. The molecule has 30 heavy (non-hydrogen) atoms. The highest BCUT2D eigenvalue weighted by Crippen LogP contribution is 2.27. The number of hydrogen-bond acceptors (Lipinski definition) is 5. The van der Waals surface area contributed by atoms with Crippen LogP contribution in [-0.4, -0.2) is 42.9 Å². The van der Waals surface area contributed by atoms with E-state index in [4.69, 9.17) is 0 Å². The molecule has 0 radical (unpaired) electrons. The van der Waals surface area contributed by atoms with Gasteiger partial charge in [0.15, 0.2) is 5.82 Å². The number of ketones is 1. The highest BCUT2D eigenvalue weighted by Gasteiger charge is 2.26. The molecule has 0 fully saturated rings. The summed E-state index contributed by atoms with van der Waals surface area (Å²) in [7, 11) is -2.43. The van der Waals surface area contributed by atoms with E-state index in [9.17, 15) is 26.8 Å². The second kappa shape index (κ2) is 8.19. The third-order valence-corrected chi connectivity index (χ3v) is 5.80. The lowest BCUT2D eigenvalue weighted by molar-refractivity contribution is 0.0961. The third kappa shape index (κ3) is 4.01. The number of rotatable bonds is 7. The Morgan fingerprint density at radius 3 is 2.63 bits per heavy atom. The van der Waals surface area contributed by atoms with E-state index < -0.39 is 44.6 Å². The lowest BCUT2D eigenvalue weighted by atomic mass is 10.0. The summed E-state index contributed by atoms with van der Waals surface area (Å²) in [6, 6.07) is 3.09. The molecule has 0 aliphatic carbocycles. The van der Waals surface area contributed by atoms with Crippen molar-refractivity contribution < 1.29 is 26.8 Å². The van der Waals surface area contributed by atoms with Gasteiger partial charge in [0.2, 0.25) is 15.8 Å². The Morgan fingerprint density at radius 1 is 1.23 bits per heavy atom. The van der Waals surface area contributed by atoms with Gasteiger partial charge in [-0.05, 0) is 24.6 Å². The smallest absolute Gasteiger partial charge is 0.252 e. The highest BCUT2D eigenvalue weighted by atomic mass is 32.2. The molecule has 0 aliphatic heterocycles. The van der Waals surface area contributed by atoms with Gasteiger partial charge in [-0.15, -0.1) is 0 Å². The third-order valence-electron chi connectivity index (χ3n) is 4.32. The maximum absolute atomic E-state index is 14.9. The van der Waals surface area contributed by atoms with Crippen LogP contribution in [0.5, 0.6) is 0 Å². The van der Waals surface area contributed by atoms with Crippen molar-refractivity contribution in [3.05, 3.63) is 58.9 Å². The average Bonchev–Trinajstić information content (AvgIpc) is 3.12. The summed E-state index contributed by atoms with van der Waals surface area (Å²) in [5.74, 6) is -4.22. The number of carbonyl (C=O) groups is 2. The van der Waals surface area contributed by atoms with E-state index in [0.29, 0.717) is 6.42 Å². The van der Waals surface area contributed by atoms with Crippen LogP contribution < -0.4 is 10.0 Å². The predicted octanol–water partition coefficient (Wildman–Crippen LogP) is 2.58. The average molecular weight is 436 g/mol. The lowest BCUT2D eigenvalue weighted by Gasteiger charge is -2.11. The zero-order valence-corrected chi connectivity index (χ0v) is 16.9. The molecular formula is C19H18F2N4O4S. The Balaban J connectivity index is 2.09. The predicted molar refractivity (Wildman–Crippen MR) is 107 cm³/mol. The van der Waals surface area contributed by atoms with E-state index in [1.165, 1.54) is 25.5 Å². The minimum Gasteiger partial charge on any atom is -0.355 e. The molecule has 11 heteroatoms. The van der Waals surface area contributed by atoms with Crippen molar-refractivity contribution in [3.63, 3.8) is 0 Å². The van der Waals surface area contributed by atoms with Gasteiger partial charge in [-0.2, -0.15) is 0 Å². The molecule has 0 unspecified atom stereocenters.